The van der Waals surface area contributed by atoms with Crippen molar-refractivity contribution in [2.75, 3.05) is 20.8 Å². The van der Waals surface area contributed by atoms with Gasteiger partial charge in [0.1, 0.15) is 18.2 Å². The molecular formula is C38H50N4O7. The van der Waals surface area contributed by atoms with Crippen molar-refractivity contribution in [3.8, 4) is 0 Å². The topological polar surface area (TPSA) is 150 Å². The number of ether oxygens (including phenoxy) is 2. The van der Waals surface area contributed by atoms with E-state index in [0.29, 0.717) is 18.4 Å². The maximum Gasteiger partial charge on any atom is 0.338 e. The summed E-state index contributed by atoms with van der Waals surface area (Å²) in [5.74, 6) is -2.50. The number of aliphatic hydroxyl groups is 1. The van der Waals surface area contributed by atoms with Crippen molar-refractivity contribution in [1.82, 2.24) is 20.5 Å². The number of likely N-dealkylation sites (N-methyl/N-ethyl adjacent to an activating group) is 1. The van der Waals surface area contributed by atoms with E-state index in [1.807, 2.05) is 62.5 Å². The molecule has 2 aromatic carbocycles. The zero-order valence-electron chi connectivity index (χ0n) is 29.5. The SMILES string of the molecule is CO[C@@H]1C(=O)O[C@H](C)[C@H](C)/C=C(\C)C[C@H](C)C(=O)N[C@@H](C)C(=O)N(C)[C@H](Cc2c[nH]c3ccccc23)C(=O)N[C@@H]1c1ccc(CCO)cc1. The molecule has 0 spiro atoms. The minimum atomic E-state index is -1.22. The lowest BCUT2D eigenvalue weighted by molar-refractivity contribution is -0.164. The molecule has 264 valence electrons. The van der Waals surface area contributed by atoms with Gasteiger partial charge in [0.25, 0.3) is 0 Å². The number of hydrogen-bond donors (Lipinski definition) is 4. The Bertz CT molecular complexity index is 1650. The van der Waals surface area contributed by atoms with Crippen molar-refractivity contribution >= 4 is 34.6 Å². The maximum absolute atomic E-state index is 14.5. The van der Waals surface area contributed by atoms with Crippen LogP contribution in [0, 0.1) is 11.8 Å². The number of aliphatic hydroxyl groups excluding tert-OH is 1. The summed E-state index contributed by atoms with van der Waals surface area (Å²) in [6, 6.07) is 12.0. The minimum Gasteiger partial charge on any atom is -0.460 e. The minimum absolute atomic E-state index is 0.0236. The van der Waals surface area contributed by atoms with E-state index in [4.69, 9.17) is 9.47 Å². The van der Waals surface area contributed by atoms with Gasteiger partial charge >= 0.3 is 5.97 Å². The molecule has 11 nitrogen and oxygen atoms in total. The predicted molar refractivity (Wildman–Crippen MR) is 187 cm³/mol. The zero-order valence-corrected chi connectivity index (χ0v) is 29.5. The highest BCUT2D eigenvalue weighted by Gasteiger charge is 2.38. The number of carbonyl (C=O) groups excluding carboxylic acids is 4. The van der Waals surface area contributed by atoms with Gasteiger partial charge in [-0.25, -0.2) is 4.79 Å². The Balaban J connectivity index is 1.80. The van der Waals surface area contributed by atoms with Crippen molar-refractivity contribution in [3.63, 3.8) is 0 Å². The highest BCUT2D eigenvalue weighted by molar-refractivity contribution is 5.93. The normalized spacial score (nSPS) is 27.8. The van der Waals surface area contributed by atoms with Crippen molar-refractivity contribution in [1.29, 1.82) is 0 Å². The van der Waals surface area contributed by atoms with Crippen LogP contribution >= 0.6 is 0 Å². The summed E-state index contributed by atoms with van der Waals surface area (Å²) in [6.07, 6.45) is 3.08. The highest BCUT2D eigenvalue weighted by Crippen LogP contribution is 2.26. The molecule has 2 heterocycles. The highest BCUT2D eigenvalue weighted by atomic mass is 16.6. The monoisotopic (exact) mass is 674 g/mol. The molecule has 0 bridgehead atoms. The van der Waals surface area contributed by atoms with Crippen molar-refractivity contribution in [2.45, 2.75) is 84.2 Å². The molecule has 4 rings (SSSR count). The molecule has 49 heavy (non-hydrogen) atoms. The number of amides is 3. The fourth-order valence-electron chi connectivity index (χ4n) is 6.35. The number of nitrogens with one attached hydrogen (secondary N) is 3. The quantitative estimate of drug-likeness (QED) is 0.228. The van der Waals surface area contributed by atoms with E-state index in [9.17, 15) is 24.3 Å². The number of aromatic nitrogens is 1. The molecule has 0 fully saturated rings. The second kappa shape index (κ2) is 16.8. The van der Waals surface area contributed by atoms with Gasteiger partial charge in [-0.3, -0.25) is 14.4 Å². The first kappa shape index (κ1) is 37.3. The lowest BCUT2D eigenvalue weighted by Gasteiger charge is -2.33. The number of allylic oxidation sites excluding steroid dienone is 1. The van der Waals surface area contributed by atoms with E-state index >= 15 is 0 Å². The zero-order chi connectivity index (χ0) is 35.8. The van der Waals surface area contributed by atoms with Crippen molar-refractivity contribution in [3.05, 3.63) is 83.1 Å². The third-order valence-corrected chi connectivity index (χ3v) is 9.43. The van der Waals surface area contributed by atoms with Crippen molar-refractivity contribution in [2.24, 2.45) is 11.8 Å². The van der Waals surface area contributed by atoms with Gasteiger partial charge in [0.05, 0.1) is 6.04 Å². The van der Waals surface area contributed by atoms with Gasteiger partial charge in [0, 0.05) is 56.1 Å². The fraction of sp³-hybridized carbons (Fsp3) is 0.474. The van der Waals surface area contributed by atoms with E-state index in [2.05, 4.69) is 15.6 Å². The Morgan fingerprint density at radius 3 is 2.33 bits per heavy atom. The van der Waals surface area contributed by atoms with Gasteiger partial charge in [-0.1, -0.05) is 68.0 Å². The summed E-state index contributed by atoms with van der Waals surface area (Å²) in [6.45, 7) is 9.04. The van der Waals surface area contributed by atoms with Crippen LogP contribution in [0.4, 0.5) is 0 Å². The van der Waals surface area contributed by atoms with Crippen LogP contribution in [0.1, 0.15) is 63.8 Å². The van der Waals surface area contributed by atoms with Crippen LogP contribution in [-0.4, -0.2) is 83.7 Å². The summed E-state index contributed by atoms with van der Waals surface area (Å²) >= 11 is 0. The molecule has 11 heteroatoms. The van der Waals surface area contributed by atoms with Crippen LogP contribution in [0.3, 0.4) is 0 Å². The molecule has 0 saturated heterocycles. The molecule has 0 aliphatic carbocycles. The number of cyclic esters (lactones) is 1. The van der Waals surface area contributed by atoms with Crippen LogP contribution in [0.2, 0.25) is 0 Å². The lowest BCUT2D eigenvalue weighted by atomic mass is 9.95. The number of hydrogen-bond acceptors (Lipinski definition) is 7. The van der Waals surface area contributed by atoms with Gasteiger partial charge < -0.3 is 35.1 Å². The van der Waals surface area contributed by atoms with E-state index in [1.165, 1.54) is 12.0 Å². The van der Waals surface area contributed by atoms with Gasteiger partial charge in [0.2, 0.25) is 17.7 Å². The first-order chi connectivity index (χ1) is 23.3. The number of carbonyl (C=O) groups is 4. The molecule has 1 aliphatic heterocycles. The Hall–Kier alpha value is -4.48. The number of methoxy groups -OCH3 is 1. The molecule has 0 unspecified atom stereocenters. The Morgan fingerprint density at radius 1 is 0.959 bits per heavy atom. The van der Waals surface area contributed by atoms with E-state index in [1.54, 1.807) is 40.0 Å². The number of aromatic amines is 1. The van der Waals surface area contributed by atoms with Gasteiger partial charge in [-0.05, 0) is 56.4 Å². The average molecular weight is 675 g/mol. The molecular weight excluding hydrogens is 624 g/mol. The average Bonchev–Trinajstić information content (AvgIpc) is 3.48. The van der Waals surface area contributed by atoms with Crippen molar-refractivity contribution < 1.29 is 33.8 Å². The second-order valence-electron chi connectivity index (χ2n) is 13.2. The van der Waals surface area contributed by atoms with E-state index in [-0.39, 0.29) is 24.9 Å². The van der Waals surface area contributed by atoms with E-state index in [0.717, 1.165) is 27.6 Å². The number of benzene rings is 2. The second-order valence-corrected chi connectivity index (χ2v) is 13.2. The summed E-state index contributed by atoms with van der Waals surface area (Å²) < 4.78 is 11.7. The molecule has 0 saturated carbocycles. The number of rotatable bonds is 6. The molecule has 7 atom stereocenters. The molecule has 4 N–H and O–H groups in total. The van der Waals surface area contributed by atoms with Crippen LogP contribution in [0.15, 0.2) is 66.4 Å². The third-order valence-electron chi connectivity index (χ3n) is 9.43. The maximum atomic E-state index is 14.5. The van der Waals surface area contributed by atoms with Gasteiger partial charge in [-0.15, -0.1) is 0 Å². The van der Waals surface area contributed by atoms with Crippen LogP contribution in [0.5, 0.6) is 0 Å². The van der Waals surface area contributed by atoms with Crippen LogP contribution < -0.4 is 10.6 Å². The lowest BCUT2D eigenvalue weighted by Crippen LogP contribution is -2.56. The standard InChI is InChI=1S/C38H50N4O7/c1-22-18-23(2)26(5)49-38(47)34(48-7)33(28-14-12-27(13-15-28)16-17-43)41-36(45)32(20-29-21-39-31-11-9-8-10-30(29)31)42(6)37(46)25(4)40-35(44)24(3)19-22/h8-15,18,21,23-26,32-34,39,43H,16-17,19-20H2,1-7H3,(H,40,44)(H,41,45)/b22-18+/t23-,24+,25+,26-,32-,33-,34+/m1/s1. The summed E-state index contributed by atoms with van der Waals surface area (Å²) in [7, 11) is 2.93. The Morgan fingerprint density at radius 2 is 1.65 bits per heavy atom. The summed E-state index contributed by atoms with van der Waals surface area (Å²) in [5, 5.41) is 16.2. The molecule has 0 radical (unpaired) electrons. The third kappa shape index (κ3) is 9.16. The molecule has 1 aliphatic rings. The van der Waals surface area contributed by atoms with Gasteiger partial charge in [0.15, 0.2) is 6.10 Å². The summed E-state index contributed by atoms with van der Waals surface area (Å²) in [5.41, 5.74) is 4.12. The predicted octanol–water partition coefficient (Wildman–Crippen LogP) is 4.00. The number of nitrogens with zero attached hydrogens (tertiary/aromatic N) is 1. The Labute approximate surface area is 288 Å². The number of fused-ring (bicyclic) bond motifs is 1. The number of para-hydroxylation sites is 1. The van der Waals surface area contributed by atoms with Gasteiger partial charge in [-0.2, -0.15) is 0 Å². The molecule has 3 amide bonds. The summed E-state index contributed by atoms with van der Waals surface area (Å²) in [4.78, 5) is 60.0. The Kier molecular flexibility index (Phi) is 12.8. The van der Waals surface area contributed by atoms with Crippen LogP contribution in [-0.2, 0) is 41.5 Å². The van der Waals surface area contributed by atoms with E-state index < -0.39 is 54.0 Å². The van der Waals surface area contributed by atoms with Crippen LogP contribution in [0.25, 0.3) is 10.9 Å². The molecule has 1 aromatic heterocycles. The largest absolute Gasteiger partial charge is 0.460 e. The smallest absolute Gasteiger partial charge is 0.338 e. The first-order valence-corrected chi connectivity index (χ1v) is 16.9. The first-order valence-electron chi connectivity index (χ1n) is 16.9. The number of esters is 1. The number of H-pyrrole nitrogens is 1. The fourth-order valence-corrected chi connectivity index (χ4v) is 6.35. The molecule has 3 aromatic rings.